The summed E-state index contributed by atoms with van der Waals surface area (Å²) in [5.74, 6) is -0.482. The monoisotopic (exact) mass is 333 g/mol. The smallest absolute Gasteiger partial charge is 0.238 e. The van der Waals surface area contributed by atoms with Crippen LogP contribution >= 0.6 is 15.9 Å². The van der Waals surface area contributed by atoms with E-state index in [2.05, 4.69) is 21.2 Å². The van der Waals surface area contributed by atoms with E-state index in [9.17, 15) is 13.2 Å². The summed E-state index contributed by atoms with van der Waals surface area (Å²) in [7, 11) is -3.65. The van der Waals surface area contributed by atoms with Crippen LogP contribution in [-0.4, -0.2) is 25.6 Å². The maximum atomic E-state index is 12.2. The van der Waals surface area contributed by atoms with E-state index in [1.165, 1.54) is 19.1 Å². The minimum atomic E-state index is -3.65. The maximum Gasteiger partial charge on any atom is 0.238 e. The fourth-order valence-electron chi connectivity index (χ4n) is 1.39. The second-order valence-corrected chi connectivity index (χ2v) is 7.49. The molecule has 0 spiro atoms. The molecular formula is C12H16BrNO3S. The van der Waals surface area contributed by atoms with E-state index >= 15 is 0 Å². The molecule has 0 unspecified atom stereocenters. The van der Waals surface area contributed by atoms with E-state index in [1.54, 1.807) is 26.0 Å². The van der Waals surface area contributed by atoms with Crippen LogP contribution < -0.4 is 5.32 Å². The molecule has 0 aliphatic rings. The lowest BCUT2D eigenvalue weighted by Gasteiger charge is -2.15. The van der Waals surface area contributed by atoms with Crippen LogP contribution in [0.1, 0.15) is 20.8 Å². The molecule has 0 aliphatic heterocycles. The van der Waals surface area contributed by atoms with Gasteiger partial charge in [0, 0.05) is 10.5 Å². The highest BCUT2D eigenvalue weighted by Gasteiger charge is 2.29. The third-order valence-electron chi connectivity index (χ3n) is 2.39. The van der Waals surface area contributed by atoms with Crippen LogP contribution in [0.4, 0.5) is 0 Å². The Bertz CT molecular complexity index is 540. The molecule has 18 heavy (non-hydrogen) atoms. The Kier molecular flexibility index (Phi) is 4.92. The van der Waals surface area contributed by atoms with Crippen LogP contribution in [0.15, 0.2) is 33.6 Å². The number of carbonyl (C=O) groups is 1. The number of amides is 1. The summed E-state index contributed by atoms with van der Waals surface area (Å²) >= 11 is 3.22. The SMILES string of the molecule is CC(C)NC(=O)[C@H](C)S(=O)(=O)c1cccc(Br)c1. The standard InChI is InChI=1S/C12H16BrNO3S/c1-8(2)14-12(15)9(3)18(16,17)11-6-4-5-10(13)7-11/h4-9H,1-3H3,(H,14,15)/t9-/m0/s1. The molecule has 1 rings (SSSR count). The summed E-state index contributed by atoms with van der Waals surface area (Å²) < 4.78 is 25.1. The van der Waals surface area contributed by atoms with Gasteiger partial charge in [0.15, 0.2) is 9.84 Å². The predicted octanol–water partition coefficient (Wildman–Crippen LogP) is 2.14. The highest BCUT2D eigenvalue weighted by Crippen LogP contribution is 2.20. The van der Waals surface area contributed by atoms with Crippen molar-refractivity contribution < 1.29 is 13.2 Å². The average molecular weight is 334 g/mol. The van der Waals surface area contributed by atoms with Crippen LogP contribution in [-0.2, 0) is 14.6 Å². The Morgan fingerprint density at radius 1 is 1.28 bits per heavy atom. The summed E-state index contributed by atoms with van der Waals surface area (Å²) in [5, 5.41) is 1.50. The molecule has 0 heterocycles. The van der Waals surface area contributed by atoms with E-state index in [1.807, 2.05) is 0 Å². The van der Waals surface area contributed by atoms with Crippen molar-refractivity contribution in [1.29, 1.82) is 0 Å². The van der Waals surface area contributed by atoms with E-state index in [0.29, 0.717) is 4.47 Å². The third kappa shape index (κ3) is 3.55. The first kappa shape index (κ1) is 15.2. The Hall–Kier alpha value is -0.880. The fourth-order valence-corrected chi connectivity index (χ4v) is 3.26. The molecule has 0 aliphatic carbocycles. The first-order valence-electron chi connectivity index (χ1n) is 5.55. The first-order chi connectivity index (χ1) is 8.25. The van der Waals surface area contributed by atoms with Gasteiger partial charge in [-0.1, -0.05) is 22.0 Å². The van der Waals surface area contributed by atoms with Crippen molar-refractivity contribution in [3.63, 3.8) is 0 Å². The molecule has 100 valence electrons. The predicted molar refractivity (Wildman–Crippen MR) is 74.1 cm³/mol. The lowest BCUT2D eigenvalue weighted by atomic mass is 10.3. The highest BCUT2D eigenvalue weighted by atomic mass is 79.9. The molecule has 1 aromatic rings. The Labute approximate surface area is 116 Å². The van der Waals surface area contributed by atoms with E-state index < -0.39 is 21.0 Å². The lowest BCUT2D eigenvalue weighted by molar-refractivity contribution is -0.120. The third-order valence-corrected chi connectivity index (χ3v) is 4.94. The minimum Gasteiger partial charge on any atom is -0.353 e. The second kappa shape index (κ2) is 5.84. The zero-order chi connectivity index (χ0) is 13.9. The number of hydrogen-bond acceptors (Lipinski definition) is 3. The van der Waals surface area contributed by atoms with Gasteiger partial charge in [0.25, 0.3) is 0 Å². The molecular weight excluding hydrogens is 318 g/mol. The van der Waals surface area contributed by atoms with Gasteiger partial charge < -0.3 is 5.32 Å². The first-order valence-corrected chi connectivity index (χ1v) is 7.89. The maximum absolute atomic E-state index is 12.2. The van der Waals surface area contributed by atoms with Gasteiger partial charge in [0.05, 0.1) is 4.90 Å². The number of hydrogen-bond donors (Lipinski definition) is 1. The average Bonchev–Trinajstić information content (AvgIpc) is 2.27. The molecule has 1 amide bonds. The number of sulfone groups is 1. The molecule has 1 aromatic carbocycles. The topological polar surface area (TPSA) is 63.2 Å². The van der Waals surface area contributed by atoms with Crippen LogP contribution in [0.5, 0.6) is 0 Å². The second-order valence-electron chi connectivity index (χ2n) is 4.31. The number of nitrogens with one attached hydrogen (secondary N) is 1. The van der Waals surface area contributed by atoms with Gasteiger partial charge in [0.1, 0.15) is 5.25 Å². The zero-order valence-corrected chi connectivity index (χ0v) is 12.9. The molecule has 0 radical (unpaired) electrons. The molecule has 4 nitrogen and oxygen atoms in total. The summed E-state index contributed by atoms with van der Waals surface area (Å²) in [4.78, 5) is 11.9. The van der Waals surface area contributed by atoms with Gasteiger partial charge in [-0.25, -0.2) is 8.42 Å². The number of halogens is 1. The molecule has 0 aromatic heterocycles. The quantitative estimate of drug-likeness (QED) is 0.918. The zero-order valence-electron chi connectivity index (χ0n) is 10.5. The van der Waals surface area contributed by atoms with Gasteiger partial charge in [-0.2, -0.15) is 0 Å². The molecule has 0 bridgehead atoms. The lowest BCUT2D eigenvalue weighted by Crippen LogP contribution is -2.41. The van der Waals surface area contributed by atoms with Crippen molar-refractivity contribution in [3.05, 3.63) is 28.7 Å². The van der Waals surface area contributed by atoms with Crippen LogP contribution in [0.25, 0.3) is 0 Å². The summed E-state index contributed by atoms with van der Waals surface area (Å²) in [6, 6.07) is 6.26. The van der Waals surface area contributed by atoms with Crippen LogP contribution in [0.3, 0.4) is 0 Å². The fraction of sp³-hybridized carbons (Fsp3) is 0.417. The van der Waals surface area contributed by atoms with Gasteiger partial charge in [0.2, 0.25) is 5.91 Å². The van der Waals surface area contributed by atoms with E-state index in [4.69, 9.17) is 0 Å². The van der Waals surface area contributed by atoms with Crippen molar-refractivity contribution >= 4 is 31.7 Å². The minimum absolute atomic E-state index is 0.0855. The molecule has 0 saturated heterocycles. The van der Waals surface area contributed by atoms with Crippen molar-refractivity contribution in [2.24, 2.45) is 0 Å². The highest BCUT2D eigenvalue weighted by molar-refractivity contribution is 9.10. The van der Waals surface area contributed by atoms with Crippen molar-refractivity contribution in [2.45, 2.75) is 37.0 Å². The summed E-state index contributed by atoms with van der Waals surface area (Å²) in [5.41, 5.74) is 0. The molecule has 6 heteroatoms. The van der Waals surface area contributed by atoms with E-state index in [0.717, 1.165) is 0 Å². The number of rotatable bonds is 4. The van der Waals surface area contributed by atoms with Crippen molar-refractivity contribution in [3.8, 4) is 0 Å². The molecule has 1 N–H and O–H groups in total. The van der Waals surface area contributed by atoms with E-state index in [-0.39, 0.29) is 10.9 Å². The largest absolute Gasteiger partial charge is 0.353 e. The molecule has 1 atom stereocenters. The van der Waals surface area contributed by atoms with Gasteiger partial charge in [-0.3, -0.25) is 4.79 Å². The molecule has 0 saturated carbocycles. The van der Waals surface area contributed by atoms with Gasteiger partial charge in [-0.05, 0) is 39.0 Å². The number of benzene rings is 1. The van der Waals surface area contributed by atoms with Crippen molar-refractivity contribution in [1.82, 2.24) is 5.32 Å². The number of carbonyl (C=O) groups excluding carboxylic acids is 1. The Morgan fingerprint density at radius 2 is 1.89 bits per heavy atom. The van der Waals surface area contributed by atoms with Crippen LogP contribution in [0, 0.1) is 0 Å². The molecule has 0 fully saturated rings. The van der Waals surface area contributed by atoms with Gasteiger partial charge >= 0.3 is 0 Å². The Balaban J connectivity index is 3.04. The van der Waals surface area contributed by atoms with Crippen molar-refractivity contribution in [2.75, 3.05) is 0 Å². The summed E-state index contributed by atoms with van der Waals surface area (Å²) in [6.07, 6.45) is 0. The Morgan fingerprint density at radius 3 is 2.39 bits per heavy atom. The normalized spacial score (nSPS) is 13.4. The van der Waals surface area contributed by atoms with Gasteiger partial charge in [-0.15, -0.1) is 0 Å². The van der Waals surface area contributed by atoms with Crippen LogP contribution in [0.2, 0.25) is 0 Å². The summed E-state index contributed by atoms with van der Waals surface area (Å²) in [6.45, 7) is 4.97.